The Morgan fingerprint density at radius 1 is 1.09 bits per heavy atom. The molecule has 0 saturated heterocycles. The molecule has 0 atom stereocenters. The maximum absolute atomic E-state index is 12.0. The standard InChI is InChI=1S/C16H19N3O3/c1-11-4-6-13(19-18-11)10-17-16(20)9-12-5-7-14(21-2)15(8-12)22-3/h4-8H,9-10H2,1-3H3,(H,17,20). The van der Waals surface area contributed by atoms with Crippen molar-refractivity contribution in [3.05, 3.63) is 47.3 Å². The van der Waals surface area contributed by atoms with Crippen molar-refractivity contribution in [1.82, 2.24) is 15.5 Å². The molecule has 22 heavy (non-hydrogen) atoms. The van der Waals surface area contributed by atoms with Gasteiger partial charge >= 0.3 is 0 Å². The number of hydrogen-bond acceptors (Lipinski definition) is 5. The minimum Gasteiger partial charge on any atom is -0.493 e. The number of carbonyl (C=O) groups is 1. The number of carbonyl (C=O) groups excluding carboxylic acids is 1. The maximum Gasteiger partial charge on any atom is 0.224 e. The first-order chi connectivity index (χ1) is 10.6. The first-order valence-electron chi connectivity index (χ1n) is 6.89. The van der Waals surface area contributed by atoms with Crippen LogP contribution in [0.3, 0.4) is 0 Å². The van der Waals surface area contributed by atoms with Gasteiger partial charge in [0.2, 0.25) is 5.91 Å². The molecule has 1 N–H and O–H groups in total. The molecule has 1 amide bonds. The average Bonchev–Trinajstić information content (AvgIpc) is 2.54. The SMILES string of the molecule is COc1ccc(CC(=O)NCc2ccc(C)nn2)cc1OC. The Kier molecular flexibility index (Phi) is 5.30. The summed E-state index contributed by atoms with van der Waals surface area (Å²) in [6, 6.07) is 9.13. The van der Waals surface area contributed by atoms with E-state index in [0.29, 0.717) is 18.0 Å². The van der Waals surface area contributed by atoms with Crippen molar-refractivity contribution in [3.63, 3.8) is 0 Å². The summed E-state index contributed by atoms with van der Waals surface area (Å²) in [6.45, 7) is 2.23. The van der Waals surface area contributed by atoms with Crippen molar-refractivity contribution in [3.8, 4) is 11.5 Å². The summed E-state index contributed by atoms with van der Waals surface area (Å²) in [5.41, 5.74) is 2.43. The van der Waals surface area contributed by atoms with Crippen LogP contribution in [-0.4, -0.2) is 30.3 Å². The summed E-state index contributed by atoms with van der Waals surface area (Å²) in [6.07, 6.45) is 0.264. The molecule has 0 unspecified atom stereocenters. The van der Waals surface area contributed by atoms with E-state index >= 15 is 0 Å². The Hall–Kier alpha value is -2.63. The van der Waals surface area contributed by atoms with Crippen LogP contribution in [0.1, 0.15) is 17.0 Å². The van der Waals surface area contributed by atoms with E-state index in [0.717, 1.165) is 17.0 Å². The number of rotatable bonds is 6. The molecule has 0 radical (unpaired) electrons. The number of aromatic nitrogens is 2. The molecule has 6 nitrogen and oxygen atoms in total. The molecule has 2 aromatic rings. The van der Waals surface area contributed by atoms with Crippen LogP contribution in [0, 0.1) is 6.92 Å². The minimum atomic E-state index is -0.0883. The number of methoxy groups -OCH3 is 2. The highest BCUT2D eigenvalue weighted by molar-refractivity contribution is 5.78. The van der Waals surface area contributed by atoms with Crippen LogP contribution in [-0.2, 0) is 17.8 Å². The fourth-order valence-corrected chi connectivity index (χ4v) is 1.95. The lowest BCUT2D eigenvalue weighted by atomic mass is 10.1. The number of hydrogen-bond donors (Lipinski definition) is 1. The zero-order valence-corrected chi connectivity index (χ0v) is 12.9. The molecule has 0 saturated carbocycles. The monoisotopic (exact) mass is 301 g/mol. The van der Waals surface area contributed by atoms with Gasteiger partial charge in [-0.05, 0) is 36.8 Å². The van der Waals surface area contributed by atoms with Crippen LogP contribution in [0.25, 0.3) is 0 Å². The fraction of sp³-hybridized carbons (Fsp3) is 0.312. The molecule has 2 rings (SSSR count). The summed E-state index contributed by atoms with van der Waals surface area (Å²) in [4.78, 5) is 12.0. The largest absolute Gasteiger partial charge is 0.493 e. The summed E-state index contributed by atoms with van der Waals surface area (Å²) in [5.74, 6) is 1.16. The topological polar surface area (TPSA) is 73.3 Å². The van der Waals surface area contributed by atoms with Crippen molar-refractivity contribution in [2.24, 2.45) is 0 Å². The van der Waals surface area contributed by atoms with E-state index in [1.54, 1.807) is 26.4 Å². The van der Waals surface area contributed by atoms with Crippen molar-refractivity contribution in [2.75, 3.05) is 14.2 Å². The normalized spacial score (nSPS) is 10.1. The van der Waals surface area contributed by atoms with E-state index in [4.69, 9.17) is 9.47 Å². The van der Waals surface area contributed by atoms with Crippen LogP contribution in [0.4, 0.5) is 0 Å². The van der Waals surface area contributed by atoms with Crippen LogP contribution in [0.2, 0.25) is 0 Å². The Morgan fingerprint density at radius 3 is 2.50 bits per heavy atom. The van der Waals surface area contributed by atoms with Gasteiger partial charge < -0.3 is 14.8 Å². The quantitative estimate of drug-likeness (QED) is 0.878. The van der Waals surface area contributed by atoms with Gasteiger partial charge in [0.15, 0.2) is 11.5 Å². The molecule has 116 valence electrons. The fourth-order valence-electron chi connectivity index (χ4n) is 1.95. The number of nitrogens with one attached hydrogen (secondary N) is 1. The molecule has 0 spiro atoms. The highest BCUT2D eigenvalue weighted by atomic mass is 16.5. The molecular formula is C16H19N3O3. The van der Waals surface area contributed by atoms with Crippen molar-refractivity contribution >= 4 is 5.91 Å². The second kappa shape index (κ2) is 7.40. The van der Waals surface area contributed by atoms with Crippen LogP contribution >= 0.6 is 0 Å². The van der Waals surface area contributed by atoms with Gasteiger partial charge in [0.05, 0.1) is 38.6 Å². The first kappa shape index (κ1) is 15.8. The van der Waals surface area contributed by atoms with Gasteiger partial charge in [-0.2, -0.15) is 10.2 Å². The zero-order valence-electron chi connectivity index (χ0n) is 12.9. The highest BCUT2D eigenvalue weighted by Gasteiger charge is 2.08. The number of benzene rings is 1. The van der Waals surface area contributed by atoms with Gasteiger partial charge in [0, 0.05) is 0 Å². The van der Waals surface area contributed by atoms with E-state index in [1.807, 2.05) is 25.1 Å². The predicted octanol–water partition coefficient (Wildman–Crippen LogP) is 1.66. The Labute approximate surface area is 129 Å². The number of amides is 1. The Balaban J connectivity index is 1.93. The van der Waals surface area contributed by atoms with Crippen LogP contribution in [0.15, 0.2) is 30.3 Å². The molecule has 6 heteroatoms. The predicted molar refractivity (Wildman–Crippen MR) is 81.9 cm³/mol. The molecule has 0 aliphatic rings. The first-order valence-corrected chi connectivity index (χ1v) is 6.89. The van der Waals surface area contributed by atoms with Gasteiger partial charge in [0.25, 0.3) is 0 Å². The number of ether oxygens (including phenoxy) is 2. The van der Waals surface area contributed by atoms with Crippen molar-refractivity contribution in [1.29, 1.82) is 0 Å². The van der Waals surface area contributed by atoms with Gasteiger partial charge in [0.1, 0.15) is 0 Å². The van der Waals surface area contributed by atoms with E-state index in [9.17, 15) is 4.79 Å². The second-order valence-electron chi connectivity index (χ2n) is 4.81. The summed E-state index contributed by atoms with van der Waals surface area (Å²) < 4.78 is 10.4. The third-order valence-electron chi connectivity index (χ3n) is 3.13. The lowest BCUT2D eigenvalue weighted by Crippen LogP contribution is -2.25. The average molecular weight is 301 g/mol. The second-order valence-corrected chi connectivity index (χ2v) is 4.81. The number of aryl methyl sites for hydroxylation is 1. The lowest BCUT2D eigenvalue weighted by molar-refractivity contribution is -0.120. The van der Waals surface area contributed by atoms with Crippen molar-refractivity contribution < 1.29 is 14.3 Å². The zero-order chi connectivity index (χ0) is 15.9. The molecule has 0 aliphatic carbocycles. The van der Waals surface area contributed by atoms with E-state index < -0.39 is 0 Å². The highest BCUT2D eigenvalue weighted by Crippen LogP contribution is 2.27. The summed E-state index contributed by atoms with van der Waals surface area (Å²) >= 11 is 0. The third kappa shape index (κ3) is 4.18. The molecule has 0 fully saturated rings. The molecule has 1 heterocycles. The molecule has 1 aromatic heterocycles. The summed E-state index contributed by atoms with van der Waals surface area (Å²) in [7, 11) is 3.14. The third-order valence-corrected chi connectivity index (χ3v) is 3.13. The van der Waals surface area contributed by atoms with E-state index in [1.165, 1.54) is 0 Å². The Bertz CT molecular complexity index is 642. The van der Waals surface area contributed by atoms with Gasteiger partial charge in [-0.25, -0.2) is 0 Å². The smallest absolute Gasteiger partial charge is 0.224 e. The van der Waals surface area contributed by atoms with Crippen molar-refractivity contribution in [2.45, 2.75) is 19.9 Å². The van der Waals surface area contributed by atoms with Gasteiger partial charge in [-0.3, -0.25) is 4.79 Å². The van der Waals surface area contributed by atoms with E-state index in [2.05, 4.69) is 15.5 Å². The molecular weight excluding hydrogens is 282 g/mol. The van der Waals surface area contributed by atoms with Crippen LogP contribution < -0.4 is 14.8 Å². The number of nitrogens with zero attached hydrogens (tertiary/aromatic N) is 2. The van der Waals surface area contributed by atoms with Gasteiger partial charge in [-0.15, -0.1) is 0 Å². The minimum absolute atomic E-state index is 0.0883. The molecule has 0 aliphatic heterocycles. The van der Waals surface area contributed by atoms with Crippen LogP contribution in [0.5, 0.6) is 11.5 Å². The molecule has 0 bridgehead atoms. The summed E-state index contributed by atoms with van der Waals surface area (Å²) in [5, 5.41) is 10.8. The van der Waals surface area contributed by atoms with E-state index in [-0.39, 0.29) is 12.3 Å². The molecule has 1 aromatic carbocycles. The lowest BCUT2D eigenvalue weighted by Gasteiger charge is -2.09. The van der Waals surface area contributed by atoms with Gasteiger partial charge in [-0.1, -0.05) is 6.07 Å². The Morgan fingerprint density at radius 2 is 1.86 bits per heavy atom. The maximum atomic E-state index is 12.0.